The zero-order chi connectivity index (χ0) is 16.6. The summed E-state index contributed by atoms with van der Waals surface area (Å²) in [6.45, 7) is -0.555. The van der Waals surface area contributed by atoms with Gasteiger partial charge in [0.15, 0.2) is 0 Å². The zero-order valence-electron chi connectivity index (χ0n) is 12.0. The second-order valence-electron chi connectivity index (χ2n) is 5.36. The number of fused-ring (bicyclic) bond motifs is 1. The minimum absolute atomic E-state index is 0.161. The minimum Gasteiger partial charge on any atom is -0.461 e. The SMILES string of the molecule is O=c1cc(O[C@@H]2OC(CO)[C@@H](O)C(O)C2O)c2ccccc2[nH]1. The normalized spacial score (nSPS) is 31.2. The number of rotatable bonds is 3. The summed E-state index contributed by atoms with van der Waals surface area (Å²) < 4.78 is 10.8. The van der Waals surface area contributed by atoms with Crippen LogP contribution in [0.3, 0.4) is 0 Å². The first-order chi connectivity index (χ1) is 11.0. The van der Waals surface area contributed by atoms with Gasteiger partial charge >= 0.3 is 0 Å². The average Bonchev–Trinajstić information content (AvgIpc) is 2.55. The molecule has 3 unspecified atom stereocenters. The van der Waals surface area contributed by atoms with Crippen molar-refractivity contribution in [1.82, 2.24) is 4.98 Å². The topological polar surface area (TPSA) is 132 Å². The van der Waals surface area contributed by atoms with Gasteiger partial charge in [-0.05, 0) is 12.1 Å². The molecule has 1 aromatic heterocycles. The molecule has 0 saturated carbocycles. The molecule has 0 bridgehead atoms. The Morgan fingerprint density at radius 1 is 1.13 bits per heavy atom. The second kappa shape index (κ2) is 6.26. The number of ether oxygens (including phenoxy) is 2. The molecule has 23 heavy (non-hydrogen) atoms. The lowest BCUT2D eigenvalue weighted by Gasteiger charge is -2.39. The molecule has 2 aromatic rings. The number of nitrogens with one attached hydrogen (secondary N) is 1. The first-order valence-corrected chi connectivity index (χ1v) is 7.10. The van der Waals surface area contributed by atoms with Crippen LogP contribution in [0.25, 0.3) is 10.9 Å². The van der Waals surface area contributed by atoms with E-state index in [0.717, 1.165) is 0 Å². The maximum Gasteiger partial charge on any atom is 0.252 e. The number of pyridine rings is 1. The van der Waals surface area contributed by atoms with Crippen molar-refractivity contribution in [1.29, 1.82) is 0 Å². The number of hydrogen-bond donors (Lipinski definition) is 5. The lowest BCUT2D eigenvalue weighted by atomic mass is 9.99. The van der Waals surface area contributed by atoms with Crippen molar-refractivity contribution in [3.63, 3.8) is 0 Å². The molecule has 2 heterocycles. The Morgan fingerprint density at radius 3 is 2.61 bits per heavy atom. The highest BCUT2D eigenvalue weighted by molar-refractivity contribution is 5.84. The van der Waals surface area contributed by atoms with Gasteiger partial charge in [0.2, 0.25) is 6.29 Å². The molecule has 0 radical (unpaired) electrons. The standard InChI is InChI=1S/C15H17NO7/c17-6-10-12(19)13(20)14(21)15(23-10)22-9-5-11(18)16-8-4-2-1-3-7(8)9/h1-5,10,12-15,17,19-21H,6H2,(H,16,18)/t10?,12-,13?,14?,15-/m1/s1. The van der Waals surface area contributed by atoms with Gasteiger partial charge in [-0.15, -0.1) is 0 Å². The first-order valence-electron chi connectivity index (χ1n) is 7.10. The number of para-hydroxylation sites is 1. The number of aliphatic hydroxyl groups is 4. The van der Waals surface area contributed by atoms with Gasteiger partial charge < -0.3 is 34.9 Å². The van der Waals surface area contributed by atoms with Gasteiger partial charge in [0.05, 0.1) is 12.1 Å². The van der Waals surface area contributed by atoms with Gasteiger partial charge in [0, 0.05) is 11.5 Å². The maximum atomic E-state index is 11.7. The van der Waals surface area contributed by atoms with E-state index in [1.807, 2.05) is 0 Å². The van der Waals surface area contributed by atoms with Crippen molar-refractivity contribution in [2.24, 2.45) is 0 Å². The summed E-state index contributed by atoms with van der Waals surface area (Å²) in [7, 11) is 0. The molecule has 3 rings (SSSR count). The quantitative estimate of drug-likeness (QED) is 0.474. The van der Waals surface area contributed by atoms with Gasteiger partial charge in [0.25, 0.3) is 5.56 Å². The molecule has 1 aliphatic heterocycles. The Morgan fingerprint density at radius 2 is 1.87 bits per heavy atom. The molecular formula is C15H17NO7. The van der Waals surface area contributed by atoms with Gasteiger partial charge in [-0.1, -0.05) is 12.1 Å². The van der Waals surface area contributed by atoms with Crippen LogP contribution in [0, 0.1) is 0 Å². The fourth-order valence-electron chi connectivity index (χ4n) is 2.56. The van der Waals surface area contributed by atoms with Gasteiger partial charge in [0.1, 0.15) is 30.2 Å². The van der Waals surface area contributed by atoms with Crippen molar-refractivity contribution in [3.8, 4) is 5.75 Å². The van der Waals surface area contributed by atoms with E-state index in [0.29, 0.717) is 10.9 Å². The average molecular weight is 323 g/mol. The second-order valence-corrected chi connectivity index (χ2v) is 5.36. The van der Waals surface area contributed by atoms with E-state index in [9.17, 15) is 25.2 Å². The van der Waals surface area contributed by atoms with Crippen molar-refractivity contribution in [2.75, 3.05) is 6.61 Å². The highest BCUT2D eigenvalue weighted by Crippen LogP contribution is 2.27. The molecule has 8 nitrogen and oxygen atoms in total. The number of H-pyrrole nitrogens is 1. The van der Waals surface area contributed by atoms with Gasteiger partial charge in [-0.25, -0.2) is 0 Å². The van der Waals surface area contributed by atoms with Crippen molar-refractivity contribution in [3.05, 3.63) is 40.7 Å². The summed E-state index contributed by atoms with van der Waals surface area (Å²) in [5.41, 5.74) is 0.142. The smallest absolute Gasteiger partial charge is 0.252 e. The molecule has 124 valence electrons. The Labute approximate surface area is 130 Å². The molecule has 1 saturated heterocycles. The van der Waals surface area contributed by atoms with Crippen molar-refractivity contribution in [2.45, 2.75) is 30.7 Å². The summed E-state index contributed by atoms with van der Waals surface area (Å²) in [5, 5.41) is 39.3. The Bertz CT molecular complexity index is 744. The van der Waals surface area contributed by atoms with E-state index in [1.165, 1.54) is 6.07 Å². The minimum atomic E-state index is -1.54. The van der Waals surface area contributed by atoms with Crippen LogP contribution >= 0.6 is 0 Å². The van der Waals surface area contributed by atoms with Crippen LogP contribution in [0.15, 0.2) is 35.1 Å². The molecule has 1 aromatic carbocycles. The maximum absolute atomic E-state index is 11.7. The third-order valence-electron chi connectivity index (χ3n) is 3.80. The summed E-state index contributed by atoms with van der Waals surface area (Å²) in [6.07, 6.45) is -6.96. The molecule has 0 spiro atoms. The highest BCUT2D eigenvalue weighted by atomic mass is 16.7. The fourth-order valence-corrected chi connectivity index (χ4v) is 2.56. The summed E-state index contributed by atoms with van der Waals surface area (Å²) in [5.74, 6) is 0.161. The lowest BCUT2D eigenvalue weighted by Crippen LogP contribution is -2.60. The lowest BCUT2D eigenvalue weighted by molar-refractivity contribution is -0.277. The van der Waals surface area contributed by atoms with E-state index in [1.54, 1.807) is 24.3 Å². The molecule has 5 N–H and O–H groups in total. The van der Waals surface area contributed by atoms with Crippen LogP contribution < -0.4 is 10.3 Å². The molecule has 0 amide bonds. The van der Waals surface area contributed by atoms with E-state index in [2.05, 4.69) is 4.98 Å². The predicted octanol–water partition coefficient (Wildman–Crippen LogP) is -1.29. The summed E-state index contributed by atoms with van der Waals surface area (Å²) in [4.78, 5) is 14.3. The van der Waals surface area contributed by atoms with Crippen molar-refractivity contribution >= 4 is 10.9 Å². The van der Waals surface area contributed by atoms with Gasteiger partial charge in [-0.3, -0.25) is 4.79 Å². The monoisotopic (exact) mass is 323 g/mol. The number of benzene rings is 1. The summed E-state index contributed by atoms with van der Waals surface area (Å²) >= 11 is 0. The molecule has 1 aliphatic rings. The molecule has 0 aliphatic carbocycles. The molecule has 1 fully saturated rings. The first kappa shape index (κ1) is 15.9. The number of aliphatic hydroxyl groups excluding tert-OH is 4. The number of hydrogen-bond acceptors (Lipinski definition) is 7. The van der Waals surface area contributed by atoms with Crippen LogP contribution in [0.1, 0.15) is 0 Å². The van der Waals surface area contributed by atoms with E-state index in [-0.39, 0.29) is 5.75 Å². The summed E-state index contributed by atoms with van der Waals surface area (Å²) in [6, 6.07) is 8.10. The Kier molecular flexibility index (Phi) is 4.33. The van der Waals surface area contributed by atoms with E-state index in [4.69, 9.17) is 9.47 Å². The number of aromatic amines is 1. The molecule has 8 heteroatoms. The van der Waals surface area contributed by atoms with Crippen LogP contribution in [-0.2, 0) is 4.74 Å². The predicted molar refractivity (Wildman–Crippen MR) is 79.0 cm³/mol. The van der Waals surface area contributed by atoms with Crippen molar-refractivity contribution < 1.29 is 29.9 Å². The Balaban J connectivity index is 1.93. The fraction of sp³-hybridized carbons (Fsp3) is 0.400. The largest absolute Gasteiger partial charge is 0.461 e. The van der Waals surface area contributed by atoms with Crippen LogP contribution in [0.4, 0.5) is 0 Å². The molecule has 5 atom stereocenters. The van der Waals surface area contributed by atoms with E-state index < -0.39 is 42.9 Å². The van der Waals surface area contributed by atoms with E-state index >= 15 is 0 Å². The number of aromatic nitrogens is 1. The third kappa shape index (κ3) is 2.94. The third-order valence-corrected chi connectivity index (χ3v) is 3.80. The highest BCUT2D eigenvalue weighted by Gasteiger charge is 2.44. The van der Waals surface area contributed by atoms with Crippen LogP contribution in [0.5, 0.6) is 5.75 Å². The van der Waals surface area contributed by atoms with Crippen LogP contribution in [-0.4, -0.2) is 62.7 Å². The van der Waals surface area contributed by atoms with Gasteiger partial charge in [-0.2, -0.15) is 0 Å². The zero-order valence-corrected chi connectivity index (χ0v) is 12.0. The molecular weight excluding hydrogens is 306 g/mol. The van der Waals surface area contributed by atoms with Crippen LogP contribution in [0.2, 0.25) is 0 Å². The Hall–Kier alpha value is -1.97.